The summed E-state index contributed by atoms with van der Waals surface area (Å²) in [4.78, 5) is 6.97. The Morgan fingerprint density at radius 3 is 2.74 bits per heavy atom. The molecule has 0 aromatic heterocycles. The minimum absolute atomic E-state index is 0. The summed E-state index contributed by atoms with van der Waals surface area (Å²) < 4.78 is 0. The second kappa shape index (κ2) is 12.1. The van der Waals surface area contributed by atoms with Gasteiger partial charge in [0.25, 0.3) is 0 Å². The van der Waals surface area contributed by atoms with E-state index in [1.54, 1.807) is 0 Å². The highest BCUT2D eigenvalue weighted by Gasteiger charge is 2.14. The van der Waals surface area contributed by atoms with Gasteiger partial charge in [-0.1, -0.05) is 6.92 Å². The number of halogens is 1. The summed E-state index contributed by atoms with van der Waals surface area (Å²) >= 11 is 2.06. The summed E-state index contributed by atoms with van der Waals surface area (Å²) in [7, 11) is 2.14. The van der Waals surface area contributed by atoms with Crippen LogP contribution in [0.1, 0.15) is 26.7 Å². The summed E-state index contributed by atoms with van der Waals surface area (Å²) in [6.07, 6.45) is 2.68. The number of guanidine groups is 1. The number of nitrogens with one attached hydrogen (secondary N) is 2. The molecule has 1 heterocycles. The first kappa shape index (κ1) is 19.3. The third kappa shape index (κ3) is 8.96. The van der Waals surface area contributed by atoms with Crippen LogP contribution in [-0.4, -0.2) is 61.6 Å². The molecule has 19 heavy (non-hydrogen) atoms. The molecule has 0 radical (unpaired) electrons. The van der Waals surface area contributed by atoms with Gasteiger partial charge in [-0.2, -0.15) is 11.8 Å². The van der Waals surface area contributed by atoms with Crippen molar-refractivity contribution in [3.8, 4) is 0 Å². The van der Waals surface area contributed by atoms with Crippen LogP contribution in [0.2, 0.25) is 0 Å². The van der Waals surface area contributed by atoms with Crippen LogP contribution in [0, 0.1) is 0 Å². The molecule has 1 unspecified atom stereocenters. The molecule has 6 heteroatoms. The molecule has 4 nitrogen and oxygen atoms in total. The molecule has 0 aromatic carbocycles. The van der Waals surface area contributed by atoms with Crippen LogP contribution in [0.25, 0.3) is 0 Å². The molecule has 2 N–H and O–H groups in total. The van der Waals surface area contributed by atoms with Crippen LogP contribution in [0.5, 0.6) is 0 Å². The van der Waals surface area contributed by atoms with E-state index in [2.05, 4.69) is 53.2 Å². The zero-order chi connectivity index (χ0) is 13.2. The predicted octanol–water partition coefficient (Wildman–Crippen LogP) is 2.01. The molecule has 1 atom stereocenters. The molecule has 0 aliphatic carbocycles. The molecule has 1 fully saturated rings. The molecule has 114 valence electrons. The van der Waals surface area contributed by atoms with Gasteiger partial charge in [0.2, 0.25) is 0 Å². The van der Waals surface area contributed by atoms with Crippen molar-refractivity contribution in [3.63, 3.8) is 0 Å². The first-order valence-corrected chi connectivity index (χ1v) is 8.13. The second-order valence-corrected chi connectivity index (χ2v) is 6.09. The second-order valence-electron chi connectivity index (χ2n) is 4.68. The standard InChI is InChI=1S/C13H28N4S.HI/c1-4-14-13(15-8-9-17(3)5-2)16-11-12-7-6-10-18-12;/h12H,4-11H2,1-3H3,(H2,14,15,16);1H. The fourth-order valence-corrected chi connectivity index (χ4v) is 3.03. The highest BCUT2D eigenvalue weighted by Crippen LogP contribution is 2.25. The minimum atomic E-state index is 0. The SMILES string of the molecule is CCNC(=NCC1CCCS1)NCCN(C)CC.I. The molecule has 0 amide bonds. The lowest BCUT2D eigenvalue weighted by molar-refractivity contribution is 0.357. The Labute approximate surface area is 139 Å². The molecule has 0 spiro atoms. The molecule has 0 aromatic rings. The molecular formula is C13H29IN4S. The van der Waals surface area contributed by atoms with Crippen LogP contribution >= 0.6 is 35.7 Å². The fraction of sp³-hybridized carbons (Fsp3) is 0.923. The van der Waals surface area contributed by atoms with E-state index in [0.717, 1.165) is 43.9 Å². The third-order valence-electron chi connectivity index (χ3n) is 3.15. The highest BCUT2D eigenvalue weighted by atomic mass is 127. The number of rotatable bonds is 7. The first-order valence-electron chi connectivity index (χ1n) is 7.08. The van der Waals surface area contributed by atoms with Crippen molar-refractivity contribution < 1.29 is 0 Å². The quantitative estimate of drug-likeness (QED) is 0.390. The van der Waals surface area contributed by atoms with E-state index in [1.807, 2.05) is 0 Å². The van der Waals surface area contributed by atoms with Crippen LogP contribution < -0.4 is 10.6 Å². The summed E-state index contributed by atoms with van der Waals surface area (Å²) in [5, 5.41) is 7.44. The van der Waals surface area contributed by atoms with E-state index in [0.29, 0.717) is 0 Å². The number of nitrogens with zero attached hydrogens (tertiary/aromatic N) is 2. The average molecular weight is 400 g/mol. The molecule has 1 aliphatic rings. The van der Waals surface area contributed by atoms with Gasteiger partial charge in [0, 0.05) is 24.9 Å². The van der Waals surface area contributed by atoms with Gasteiger partial charge in [-0.25, -0.2) is 0 Å². The van der Waals surface area contributed by atoms with Crippen molar-refractivity contribution in [2.45, 2.75) is 31.9 Å². The molecule has 1 rings (SSSR count). The Kier molecular flexibility index (Phi) is 12.3. The van der Waals surface area contributed by atoms with E-state index in [-0.39, 0.29) is 24.0 Å². The van der Waals surface area contributed by atoms with Crippen molar-refractivity contribution >= 4 is 41.7 Å². The maximum absolute atomic E-state index is 4.67. The van der Waals surface area contributed by atoms with Crippen molar-refractivity contribution in [2.75, 3.05) is 45.5 Å². The Morgan fingerprint density at radius 2 is 2.16 bits per heavy atom. The first-order chi connectivity index (χ1) is 8.76. The van der Waals surface area contributed by atoms with Gasteiger partial charge in [0.15, 0.2) is 5.96 Å². The Morgan fingerprint density at radius 1 is 1.37 bits per heavy atom. The number of hydrogen-bond acceptors (Lipinski definition) is 3. The Bertz CT molecular complexity index is 245. The lowest BCUT2D eigenvalue weighted by Crippen LogP contribution is -2.41. The zero-order valence-electron chi connectivity index (χ0n) is 12.4. The van der Waals surface area contributed by atoms with Crippen molar-refractivity contribution in [2.24, 2.45) is 4.99 Å². The number of aliphatic imine (C=N–C) groups is 1. The topological polar surface area (TPSA) is 39.7 Å². The van der Waals surface area contributed by atoms with Gasteiger partial charge >= 0.3 is 0 Å². The van der Waals surface area contributed by atoms with Gasteiger partial charge in [-0.3, -0.25) is 4.99 Å². The van der Waals surface area contributed by atoms with E-state index in [9.17, 15) is 0 Å². The van der Waals surface area contributed by atoms with Crippen LogP contribution in [0.3, 0.4) is 0 Å². The summed E-state index contributed by atoms with van der Waals surface area (Å²) in [6.45, 7) is 9.26. The normalized spacial score (nSPS) is 19.4. The lowest BCUT2D eigenvalue weighted by Gasteiger charge is -2.16. The number of hydrogen-bond donors (Lipinski definition) is 2. The predicted molar refractivity (Wildman–Crippen MR) is 98.0 cm³/mol. The van der Waals surface area contributed by atoms with Crippen LogP contribution in [0.4, 0.5) is 0 Å². The smallest absolute Gasteiger partial charge is 0.191 e. The monoisotopic (exact) mass is 400 g/mol. The molecule has 0 saturated carbocycles. The van der Waals surface area contributed by atoms with Gasteiger partial charge in [-0.15, -0.1) is 24.0 Å². The van der Waals surface area contributed by atoms with Gasteiger partial charge in [0.1, 0.15) is 0 Å². The molecular weight excluding hydrogens is 371 g/mol. The van der Waals surface area contributed by atoms with Gasteiger partial charge in [-0.05, 0) is 39.1 Å². The van der Waals surface area contributed by atoms with Crippen molar-refractivity contribution in [1.29, 1.82) is 0 Å². The van der Waals surface area contributed by atoms with E-state index in [1.165, 1.54) is 18.6 Å². The zero-order valence-corrected chi connectivity index (χ0v) is 15.6. The van der Waals surface area contributed by atoms with Crippen LogP contribution in [0.15, 0.2) is 4.99 Å². The van der Waals surface area contributed by atoms with Crippen LogP contribution in [-0.2, 0) is 0 Å². The van der Waals surface area contributed by atoms with Crippen molar-refractivity contribution in [1.82, 2.24) is 15.5 Å². The number of thioether (sulfide) groups is 1. The maximum atomic E-state index is 4.67. The van der Waals surface area contributed by atoms with Gasteiger partial charge < -0.3 is 15.5 Å². The molecule has 0 bridgehead atoms. The summed E-state index contributed by atoms with van der Waals surface area (Å²) in [5.74, 6) is 2.28. The highest BCUT2D eigenvalue weighted by molar-refractivity contribution is 14.0. The average Bonchev–Trinajstić information content (AvgIpc) is 2.88. The van der Waals surface area contributed by atoms with Gasteiger partial charge in [0.05, 0.1) is 6.54 Å². The summed E-state index contributed by atoms with van der Waals surface area (Å²) in [6, 6.07) is 0. The number of likely N-dealkylation sites (N-methyl/N-ethyl adjacent to an activating group) is 1. The Balaban J connectivity index is 0.00000324. The largest absolute Gasteiger partial charge is 0.357 e. The van der Waals surface area contributed by atoms with E-state index in [4.69, 9.17) is 0 Å². The molecule has 1 saturated heterocycles. The van der Waals surface area contributed by atoms with Crippen molar-refractivity contribution in [3.05, 3.63) is 0 Å². The maximum Gasteiger partial charge on any atom is 0.191 e. The lowest BCUT2D eigenvalue weighted by atomic mass is 10.2. The fourth-order valence-electron chi connectivity index (χ4n) is 1.85. The molecule has 1 aliphatic heterocycles. The summed E-state index contributed by atoms with van der Waals surface area (Å²) in [5.41, 5.74) is 0. The van der Waals surface area contributed by atoms with E-state index >= 15 is 0 Å². The minimum Gasteiger partial charge on any atom is -0.357 e. The third-order valence-corrected chi connectivity index (χ3v) is 4.53. The van der Waals surface area contributed by atoms with E-state index < -0.39 is 0 Å². The Hall–Kier alpha value is 0.310.